The van der Waals surface area contributed by atoms with Crippen molar-refractivity contribution >= 4 is 12.1 Å². The predicted octanol–water partition coefficient (Wildman–Crippen LogP) is 3.14. The number of ether oxygens (including phenoxy) is 2. The average molecular weight is 319 g/mol. The first-order valence-corrected chi connectivity index (χ1v) is 7.28. The summed E-state index contributed by atoms with van der Waals surface area (Å²) in [7, 11) is 0. The van der Waals surface area contributed by atoms with Gasteiger partial charge in [0.1, 0.15) is 5.60 Å². The Labute approximate surface area is 129 Å². The number of carbonyl (C=O) groups excluding carboxylic acids is 2. The van der Waals surface area contributed by atoms with E-state index in [9.17, 15) is 18.4 Å². The maximum atomic E-state index is 14.0. The number of hydrogen-bond donors (Lipinski definition) is 0. The molecule has 0 saturated carbocycles. The number of halogens is 2. The molecule has 0 atom stereocenters. The molecule has 7 heteroatoms. The number of alkyl halides is 2. The predicted molar refractivity (Wildman–Crippen MR) is 76.7 cm³/mol. The molecule has 0 N–H and O–H groups in total. The highest BCUT2D eigenvalue weighted by Crippen LogP contribution is 2.33. The zero-order valence-electron chi connectivity index (χ0n) is 13.4. The van der Waals surface area contributed by atoms with E-state index in [1.54, 1.807) is 27.7 Å². The van der Waals surface area contributed by atoms with Crippen LogP contribution in [0.2, 0.25) is 0 Å². The van der Waals surface area contributed by atoms with Crippen molar-refractivity contribution in [2.45, 2.75) is 52.1 Å². The summed E-state index contributed by atoms with van der Waals surface area (Å²) in [5, 5.41) is 0. The lowest BCUT2D eigenvalue weighted by Gasteiger charge is -2.26. The van der Waals surface area contributed by atoms with Gasteiger partial charge in [-0.25, -0.2) is 18.4 Å². The van der Waals surface area contributed by atoms with E-state index >= 15 is 0 Å². The summed E-state index contributed by atoms with van der Waals surface area (Å²) in [5.41, 5.74) is -0.993. The van der Waals surface area contributed by atoms with Gasteiger partial charge in [0.25, 0.3) is 5.92 Å². The molecule has 0 aromatic carbocycles. The summed E-state index contributed by atoms with van der Waals surface area (Å²) < 4.78 is 38.0. The molecule has 0 aromatic heterocycles. The number of likely N-dealkylation sites (tertiary alicyclic amines) is 1. The number of amides is 1. The molecule has 0 aliphatic carbocycles. The van der Waals surface area contributed by atoms with Crippen LogP contribution in [0.25, 0.3) is 0 Å². The Balaban J connectivity index is 2.80. The van der Waals surface area contributed by atoms with Gasteiger partial charge in [-0.05, 0) is 34.1 Å². The van der Waals surface area contributed by atoms with Crippen LogP contribution < -0.4 is 0 Å². The van der Waals surface area contributed by atoms with E-state index in [2.05, 4.69) is 4.74 Å². The van der Waals surface area contributed by atoms with Crippen LogP contribution in [0.1, 0.15) is 40.5 Å². The van der Waals surface area contributed by atoms with Gasteiger partial charge in [0, 0.05) is 31.2 Å². The fraction of sp³-hybridized carbons (Fsp3) is 0.733. The van der Waals surface area contributed by atoms with Crippen molar-refractivity contribution in [3.05, 3.63) is 11.6 Å². The molecule has 1 amide bonds. The highest BCUT2D eigenvalue weighted by molar-refractivity contribution is 5.83. The highest BCUT2D eigenvalue weighted by Gasteiger charge is 2.39. The molecule has 0 radical (unpaired) electrons. The third-order valence-electron chi connectivity index (χ3n) is 3.05. The molecular weight excluding hydrogens is 296 g/mol. The van der Waals surface area contributed by atoms with Gasteiger partial charge in [0.05, 0.1) is 6.61 Å². The SMILES string of the molecule is CCOC(=O)/C=C1\CCN(C(=O)OC(C)(C)C)CCC1(F)F. The summed E-state index contributed by atoms with van der Waals surface area (Å²) in [5.74, 6) is -3.92. The fourth-order valence-electron chi connectivity index (χ4n) is 2.00. The van der Waals surface area contributed by atoms with Crippen LogP contribution >= 0.6 is 0 Å². The topological polar surface area (TPSA) is 55.8 Å². The lowest BCUT2D eigenvalue weighted by Crippen LogP contribution is -2.37. The van der Waals surface area contributed by atoms with E-state index < -0.39 is 30.0 Å². The molecule has 1 rings (SSSR count). The van der Waals surface area contributed by atoms with Crippen LogP contribution in [0.4, 0.5) is 13.6 Å². The van der Waals surface area contributed by atoms with Crippen LogP contribution in [-0.4, -0.2) is 48.2 Å². The number of hydrogen-bond acceptors (Lipinski definition) is 4. The van der Waals surface area contributed by atoms with Crippen molar-refractivity contribution in [2.75, 3.05) is 19.7 Å². The zero-order valence-corrected chi connectivity index (χ0v) is 13.4. The second-order valence-corrected chi connectivity index (χ2v) is 6.09. The van der Waals surface area contributed by atoms with Crippen LogP contribution in [-0.2, 0) is 14.3 Å². The smallest absolute Gasteiger partial charge is 0.410 e. The van der Waals surface area contributed by atoms with Gasteiger partial charge >= 0.3 is 12.1 Å². The lowest BCUT2D eigenvalue weighted by molar-refractivity contribution is -0.137. The van der Waals surface area contributed by atoms with Gasteiger partial charge in [-0.1, -0.05) is 0 Å². The lowest BCUT2D eigenvalue weighted by atomic mass is 10.0. The molecule has 22 heavy (non-hydrogen) atoms. The number of rotatable bonds is 2. The zero-order chi connectivity index (χ0) is 17.0. The minimum Gasteiger partial charge on any atom is -0.463 e. The molecule has 1 fully saturated rings. The van der Waals surface area contributed by atoms with E-state index in [1.807, 2.05) is 0 Å². The molecule has 1 aliphatic heterocycles. The molecule has 126 valence electrons. The van der Waals surface area contributed by atoms with Gasteiger partial charge in [-0.15, -0.1) is 0 Å². The highest BCUT2D eigenvalue weighted by atomic mass is 19.3. The Morgan fingerprint density at radius 2 is 1.95 bits per heavy atom. The number of carbonyl (C=O) groups is 2. The maximum absolute atomic E-state index is 14.0. The Bertz CT molecular complexity index is 455. The van der Waals surface area contributed by atoms with Crippen molar-refractivity contribution in [3.8, 4) is 0 Å². The quantitative estimate of drug-likeness (QED) is 0.579. The van der Waals surface area contributed by atoms with Crippen LogP contribution in [0, 0.1) is 0 Å². The minimum atomic E-state index is -3.14. The molecule has 0 aromatic rings. The molecule has 0 bridgehead atoms. The first-order valence-electron chi connectivity index (χ1n) is 7.28. The monoisotopic (exact) mass is 319 g/mol. The van der Waals surface area contributed by atoms with E-state index in [4.69, 9.17) is 4.74 Å². The molecule has 1 saturated heterocycles. The maximum Gasteiger partial charge on any atom is 0.410 e. The molecule has 0 unspecified atom stereocenters. The second kappa shape index (κ2) is 7.07. The van der Waals surface area contributed by atoms with Crippen LogP contribution in [0.15, 0.2) is 11.6 Å². The molecule has 0 spiro atoms. The van der Waals surface area contributed by atoms with Crippen LogP contribution in [0.5, 0.6) is 0 Å². The summed E-state index contributed by atoms with van der Waals surface area (Å²) >= 11 is 0. The second-order valence-electron chi connectivity index (χ2n) is 6.09. The third-order valence-corrected chi connectivity index (χ3v) is 3.05. The standard InChI is InChI=1S/C15H23F2NO4/c1-5-21-12(19)10-11-6-8-18(9-7-15(11,16)17)13(20)22-14(2,3)4/h10H,5-9H2,1-4H3/b11-10+. The minimum absolute atomic E-state index is 0.0791. The summed E-state index contributed by atoms with van der Waals surface area (Å²) in [6.45, 7) is 6.82. The average Bonchev–Trinajstić information content (AvgIpc) is 2.48. The van der Waals surface area contributed by atoms with E-state index in [1.165, 1.54) is 4.90 Å². The van der Waals surface area contributed by atoms with Gasteiger partial charge in [-0.2, -0.15) is 0 Å². The summed E-state index contributed by atoms with van der Waals surface area (Å²) in [6.07, 6.45) is -0.425. The Hall–Kier alpha value is -1.66. The van der Waals surface area contributed by atoms with E-state index in [-0.39, 0.29) is 31.7 Å². The van der Waals surface area contributed by atoms with Gasteiger partial charge < -0.3 is 14.4 Å². The number of nitrogens with zero attached hydrogens (tertiary/aromatic N) is 1. The fourth-order valence-corrected chi connectivity index (χ4v) is 2.00. The Kier molecular flexibility index (Phi) is 5.91. The van der Waals surface area contributed by atoms with E-state index in [0.717, 1.165) is 6.08 Å². The van der Waals surface area contributed by atoms with Crippen molar-refractivity contribution in [2.24, 2.45) is 0 Å². The largest absolute Gasteiger partial charge is 0.463 e. The van der Waals surface area contributed by atoms with Crippen molar-refractivity contribution in [1.29, 1.82) is 0 Å². The van der Waals surface area contributed by atoms with Crippen molar-refractivity contribution in [3.63, 3.8) is 0 Å². The first-order chi connectivity index (χ1) is 10.0. The molecule has 1 aliphatic rings. The summed E-state index contributed by atoms with van der Waals surface area (Å²) in [4.78, 5) is 24.6. The Morgan fingerprint density at radius 3 is 2.50 bits per heavy atom. The van der Waals surface area contributed by atoms with Gasteiger partial charge in [0.15, 0.2) is 0 Å². The van der Waals surface area contributed by atoms with Crippen molar-refractivity contribution < 1.29 is 27.8 Å². The molecular formula is C15H23F2NO4. The molecule has 1 heterocycles. The molecule has 5 nitrogen and oxygen atoms in total. The summed E-state index contributed by atoms with van der Waals surface area (Å²) in [6, 6.07) is 0. The van der Waals surface area contributed by atoms with E-state index in [0.29, 0.717) is 0 Å². The Morgan fingerprint density at radius 1 is 1.32 bits per heavy atom. The van der Waals surface area contributed by atoms with Crippen LogP contribution in [0.3, 0.4) is 0 Å². The number of esters is 1. The van der Waals surface area contributed by atoms with Gasteiger partial charge in [-0.3, -0.25) is 0 Å². The van der Waals surface area contributed by atoms with Crippen molar-refractivity contribution in [1.82, 2.24) is 4.90 Å². The normalized spacial score (nSPS) is 20.5. The van der Waals surface area contributed by atoms with Gasteiger partial charge in [0.2, 0.25) is 0 Å². The third kappa shape index (κ3) is 5.61. The first kappa shape index (κ1) is 18.4.